The van der Waals surface area contributed by atoms with Crippen LogP contribution < -0.4 is 26.9 Å². The molecule has 1 aromatic heterocycles. The topological polar surface area (TPSA) is 9.37 Å². The number of aromatic nitrogens is 1. The van der Waals surface area contributed by atoms with E-state index in [1.165, 1.54) is 19.6 Å². The van der Waals surface area contributed by atoms with Crippen LogP contribution in [0.25, 0.3) is 0 Å². The van der Waals surface area contributed by atoms with Crippen LogP contribution in [0.1, 0.15) is 20.8 Å². The highest BCUT2D eigenvalue weighted by molar-refractivity contribution is 7.19. The van der Waals surface area contributed by atoms with Crippen LogP contribution in [0, 0.1) is 87.3 Å². The summed E-state index contributed by atoms with van der Waals surface area (Å²) in [6.07, 6.45) is -5.01. The molecule has 1 heterocycles. The van der Waals surface area contributed by atoms with Gasteiger partial charge in [0.25, 0.3) is 0 Å². The molecule has 0 aliphatic heterocycles. The summed E-state index contributed by atoms with van der Waals surface area (Å²) in [5, 5.41) is 0. The Balaban J connectivity index is 0.000000771. The van der Waals surface area contributed by atoms with Gasteiger partial charge in [0.1, 0.15) is 41.0 Å². The third kappa shape index (κ3) is 5.73. The predicted molar refractivity (Wildman–Crippen MR) is 141 cm³/mol. The van der Waals surface area contributed by atoms with Gasteiger partial charge in [-0.15, -0.1) is 22.0 Å². The van der Waals surface area contributed by atoms with Gasteiger partial charge in [-0.25, -0.2) is 65.9 Å². The molecule has 0 atom stereocenters. The fourth-order valence-electron chi connectivity index (χ4n) is 5.56. The standard InChI is InChI=1S/C23H6BF15N.C6H15N/c1-40-4-2-3-5(40)24(6-9(25)15(31)21(37)16(32)10(6)26,7-11(27)17(33)22(38)18(34)12(7)28)8-13(29)19(35)23(39)20(36)14(8)30;1-4-7(5-2)6-3/h2-4H,1H3;4-6H2,1-3H3/q-1;/p+1. The maximum atomic E-state index is 15.4. The van der Waals surface area contributed by atoms with Gasteiger partial charge in [0.05, 0.1) is 19.6 Å². The Kier molecular flexibility index (Phi) is 11.1. The number of rotatable bonds is 7. The van der Waals surface area contributed by atoms with Crippen LogP contribution in [-0.2, 0) is 7.05 Å². The highest BCUT2D eigenvalue weighted by atomic mass is 19.2. The first-order valence-corrected chi connectivity index (χ1v) is 13.6. The van der Waals surface area contributed by atoms with E-state index < -0.39 is 115 Å². The largest absolute Gasteiger partial charge is 0.391 e. The van der Waals surface area contributed by atoms with Crippen molar-refractivity contribution in [3.63, 3.8) is 0 Å². The molecule has 0 aliphatic carbocycles. The van der Waals surface area contributed by atoms with Crippen LogP contribution in [0.2, 0.25) is 0 Å². The van der Waals surface area contributed by atoms with E-state index in [4.69, 9.17) is 0 Å². The molecule has 0 saturated carbocycles. The van der Waals surface area contributed by atoms with Crippen molar-refractivity contribution in [1.82, 2.24) is 4.57 Å². The molecule has 3 aromatic carbocycles. The molecule has 2 nitrogen and oxygen atoms in total. The lowest BCUT2D eigenvalue weighted by Gasteiger charge is -2.44. The molecular weight excluding hydrogens is 672 g/mol. The number of benzene rings is 3. The minimum Gasteiger partial charge on any atom is -0.391 e. The Hall–Kier alpha value is -4.09. The van der Waals surface area contributed by atoms with E-state index in [0.29, 0.717) is 10.6 Å². The molecule has 4 aromatic rings. The minimum atomic E-state index is -5.74. The molecule has 0 fully saturated rings. The number of nitrogens with zero attached hydrogens (tertiary/aromatic N) is 1. The van der Waals surface area contributed by atoms with Gasteiger partial charge in [0, 0.05) is 7.05 Å². The van der Waals surface area contributed by atoms with E-state index in [1.54, 1.807) is 4.90 Å². The van der Waals surface area contributed by atoms with Crippen LogP contribution in [0.15, 0.2) is 18.3 Å². The molecule has 0 aliphatic rings. The summed E-state index contributed by atoms with van der Waals surface area (Å²) in [7, 11) is 0.732. The maximum absolute atomic E-state index is 15.4. The Labute approximate surface area is 256 Å². The van der Waals surface area contributed by atoms with Gasteiger partial charge in [0.15, 0.2) is 52.4 Å². The number of aryl methyl sites for hydroxylation is 1. The van der Waals surface area contributed by atoms with E-state index >= 15 is 26.3 Å². The van der Waals surface area contributed by atoms with Gasteiger partial charge in [-0.1, -0.05) is 6.07 Å². The molecule has 4 rings (SSSR count). The molecule has 0 bridgehead atoms. The number of hydrogen-bond acceptors (Lipinski definition) is 0. The van der Waals surface area contributed by atoms with Gasteiger partial charge in [-0.2, -0.15) is 0 Å². The van der Waals surface area contributed by atoms with Crippen molar-refractivity contribution in [2.45, 2.75) is 20.8 Å². The fourth-order valence-corrected chi connectivity index (χ4v) is 5.56. The summed E-state index contributed by atoms with van der Waals surface area (Å²) in [5.74, 6) is -45.5. The Morgan fingerprint density at radius 1 is 0.447 bits per heavy atom. The van der Waals surface area contributed by atoms with Gasteiger partial charge in [-0.3, -0.25) is 0 Å². The van der Waals surface area contributed by atoms with Gasteiger partial charge in [0.2, 0.25) is 0 Å². The molecule has 47 heavy (non-hydrogen) atoms. The SMILES string of the molecule is CC[NH+](CC)CC.Cn1cccc1[B-](c1c(F)c(F)c(F)c(F)c1F)(c1c(F)c(F)c(F)c(F)c1F)c1c(F)c(F)c(F)c(F)c1F. The van der Waals surface area contributed by atoms with E-state index in [9.17, 15) is 39.5 Å². The van der Waals surface area contributed by atoms with Crippen molar-refractivity contribution < 1.29 is 70.8 Å². The summed E-state index contributed by atoms with van der Waals surface area (Å²) in [5.41, 5.74) is -9.44. The molecular formula is C29H22BF15N2. The second-order valence-corrected chi connectivity index (χ2v) is 10.2. The van der Waals surface area contributed by atoms with Crippen molar-refractivity contribution in [2.75, 3.05) is 19.6 Å². The van der Waals surface area contributed by atoms with Crippen LogP contribution in [0.3, 0.4) is 0 Å². The second kappa shape index (κ2) is 14.0. The monoisotopic (exact) mass is 694 g/mol. The van der Waals surface area contributed by atoms with Crippen LogP contribution in [0.5, 0.6) is 0 Å². The van der Waals surface area contributed by atoms with Crippen LogP contribution in [-0.4, -0.2) is 30.3 Å². The first-order valence-electron chi connectivity index (χ1n) is 13.6. The molecule has 256 valence electrons. The highest BCUT2D eigenvalue weighted by Crippen LogP contribution is 2.28. The molecule has 18 heteroatoms. The zero-order chi connectivity index (χ0) is 35.9. The molecule has 0 radical (unpaired) electrons. The highest BCUT2D eigenvalue weighted by Gasteiger charge is 2.50. The predicted octanol–water partition coefficient (Wildman–Crippen LogP) is 4.42. The zero-order valence-corrected chi connectivity index (χ0v) is 24.5. The molecule has 0 saturated heterocycles. The second-order valence-electron chi connectivity index (χ2n) is 10.2. The third-order valence-corrected chi connectivity index (χ3v) is 7.96. The number of halogens is 15. The van der Waals surface area contributed by atoms with Crippen molar-refractivity contribution in [3.8, 4) is 0 Å². The fraction of sp³-hybridized carbons (Fsp3) is 0.241. The van der Waals surface area contributed by atoms with E-state index in [1.807, 2.05) is 0 Å². The Morgan fingerprint density at radius 2 is 0.681 bits per heavy atom. The zero-order valence-electron chi connectivity index (χ0n) is 24.5. The Bertz CT molecular complexity index is 1570. The lowest BCUT2D eigenvalue weighted by Crippen LogP contribution is -3.11. The van der Waals surface area contributed by atoms with Crippen LogP contribution >= 0.6 is 0 Å². The van der Waals surface area contributed by atoms with Gasteiger partial charge >= 0.3 is 0 Å². The van der Waals surface area contributed by atoms with E-state index in [2.05, 4.69) is 20.8 Å². The summed E-state index contributed by atoms with van der Waals surface area (Å²) in [4.78, 5) is 1.68. The first kappa shape index (κ1) is 37.4. The van der Waals surface area contributed by atoms with Crippen molar-refractivity contribution in [1.29, 1.82) is 0 Å². The lowest BCUT2D eigenvalue weighted by molar-refractivity contribution is -0.894. The third-order valence-electron chi connectivity index (χ3n) is 7.96. The quantitative estimate of drug-likeness (QED) is 0.127. The van der Waals surface area contributed by atoms with Crippen molar-refractivity contribution in [3.05, 3.63) is 106 Å². The van der Waals surface area contributed by atoms with Crippen LogP contribution in [0.4, 0.5) is 65.9 Å². The molecule has 0 spiro atoms. The summed E-state index contributed by atoms with van der Waals surface area (Å²) >= 11 is 0. The lowest BCUT2D eigenvalue weighted by atomic mass is 9.13. The normalized spacial score (nSPS) is 11.7. The number of hydrogen-bond donors (Lipinski definition) is 1. The summed E-state index contributed by atoms with van der Waals surface area (Å²) in [6, 6.07) is 1.13. The summed E-state index contributed by atoms with van der Waals surface area (Å²) < 4.78 is 221. The van der Waals surface area contributed by atoms with E-state index in [0.717, 1.165) is 19.3 Å². The Morgan fingerprint density at radius 3 is 0.851 bits per heavy atom. The number of quaternary nitrogens is 1. The smallest absolute Gasteiger partial charge is 0.200 e. The number of nitrogens with one attached hydrogen (secondary N) is 1. The molecule has 0 unspecified atom stereocenters. The van der Waals surface area contributed by atoms with Gasteiger partial charge in [-0.05, 0) is 33.0 Å². The molecule has 0 amide bonds. The van der Waals surface area contributed by atoms with E-state index in [-0.39, 0.29) is 0 Å². The van der Waals surface area contributed by atoms with Gasteiger partial charge < -0.3 is 9.47 Å². The van der Waals surface area contributed by atoms with Crippen molar-refractivity contribution >= 4 is 28.1 Å². The molecule has 1 N–H and O–H groups in total. The maximum Gasteiger partial charge on any atom is 0.200 e. The average Bonchev–Trinajstić information content (AvgIpc) is 3.49. The first-order chi connectivity index (χ1) is 21.9. The average molecular weight is 694 g/mol. The van der Waals surface area contributed by atoms with Crippen molar-refractivity contribution in [2.24, 2.45) is 7.05 Å². The summed E-state index contributed by atoms with van der Waals surface area (Å²) in [6.45, 7) is 10.5. The minimum absolute atomic E-state index is 0.397.